The van der Waals surface area contributed by atoms with Crippen LogP contribution < -0.4 is 9.47 Å². The molecule has 0 N–H and O–H groups in total. The van der Waals surface area contributed by atoms with E-state index in [1.165, 1.54) is 0 Å². The highest BCUT2D eigenvalue weighted by Crippen LogP contribution is 2.31. The third-order valence-corrected chi connectivity index (χ3v) is 2.71. The molecule has 0 saturated heterocycles. The van der Waals surface area contributed by atoms with Gasteiger partial charge in [0.25, 0.3) is 0 Å². The molecular weight excluding hydrogens is 247 g/mol. The van der Waals surface area contributed by atoms with E-state index in [2.05, 4.69) is 0 Å². The van der Waals surface area contributed by atoms with Crippen LogP contribution in [0.2, 0.25) is 0 Å². The van der Waals surface area contributed by atoms with Crippen LogP contribution in [0.25, 0.3) is 0 Å². The number of rotatable bonds is 6. The summed E-state index contributed by atoms with van der Waals surface area (Å²) < 4.78 is 11.0. The van der Waals surface area contributed by atoms with E-state index in [0.29, 0.717) is 25.0 Å². The Kier molecular flexibility index (Phi) is 5.78. The van der Waals surface area contributed by atoms with Crippen molar-refractivity contribution >= 4 is 23.2 Å². The summed E-state index contributed by atoms with van der Waals surface area (Å²) in [4.78, 5) is 0. The van der Waals surface area contributed by atoms with E-state index in [4.69, 9.17) is 32.7 Å². The minimum absolute atomic E-state index is 0.401. The Bertz CT molecular complexity index is 306. The normalized spacial score (nSPS) is 10.2. The average molecular weight is 263 g/mol. The Hall–Kier alpha value is -0.600. The zero-order valence-corrected chi connectivity index (χ0v) is 11.1. The molecule has 0 heterocycles. The summed E-state index contributed by atoms with van der Waals surface area (Å²) in [5, 5.41) is 0. The van der Waals surface area contributed by atoms with Crippen molar-refractivity contribution in [3.63, 3.8) is 0 Å². The summed E-state index contributed by atoms with van der Waals surface area (Å²) in [5.41, 5.74) is 1.86. The molecule has 0 atom stereocenters. The summed E-state index contributed by atoms with van der Waals surface area (Å²) in [6.07, 6.45) is 0. The molecule has 0 amide bonds. The lowest BCUT2D eigenvalue weighted by molar-refractivity contribution is 0.326. The van der Waals surface area contributed by atoms with E-state index in [9.17, 15) is 0 Å². The first-order valence-electron chi connectivity index (χ1n) is 5.30. The molecule has 0 unspecified atom stereocenters. The molecule has 90 valence electrons. The minimum Gasteiger partial charge on any atom is -0.494 e. The van der Waals surface area contributed by atoms with Crippen molar-refractivity contribution in [1.29, 1.82) is 0 Å². The van der Waals surface area contributed by atoms with Crippen LogP contribution in [0.5, 0.6) is 11.5 Å². The second-order valence-corrected chi connectivity index (χ2v) is 3.74. The maximum atomic E-state index is 5.87. The van der Waals surface area contributed by atoms with Gasteiger partial charge in [-0.1, -0.05) is 0 Å². The van der Waals surface area contributed by atoms with Gasteiger partial charge in [0.1, 0.15) is 11.5 Å². The quantitative estimate of drug-likeness (QED) is 0.723. The number of hydrogen-bond donors (Lipinski definition) is 0. The molecule has 0 aliphatic rings. The lowest BCUT2D eigenvalue weighted by Gasteiger charge is -2.14. The minimum atomic E-state index is 0.401. The monoisotopic (exact) mass is 262 g/mol. The molecule has 4 heteroatoms. The molecule has 1 rings (SSSR count). The summed E-state index contributed by atoms with van der Waals surface area (Å²) in [5.74, 6) is 2.38. The van der Waals surface area contributed by atoms with Crippen LogP contribution in [-0.4, -0.2) is 13.2 Å². The van der Waals surface area contributed by atoms with Crippen LogP contribution in [0.1, 0.15) is 25.0 Å². The molecule has 16 heavy (non-hydrogen) atoms. The maximum Gasteiger partial charge on any atom is 0.124 e. The Balaban J connectivity index is 3.11. The van der Waals surface area contributed by atoms with Gasteiger partial charge in [-0.2, -0.15) is 0 Å². The van der Waals surface area contributed by atoms with E-state index in [-0.39, 0.29) is 0 Å². The Labute approximate surface area is 106 Å². The van der Waals surface area contributed by atoms with Crippen molar-refractivity contribution < 1.29 is 9.47 Å². The van der Waals surface area contributed by atoms with Gasteiger partial charge >= 0.3 is 0 Å². The van der Waals surface area contributed by atoms with E-state index in [1.807, 2.05) is 26.0 Å². The Morgan fingerprint density at radius 2 is 1.25 bits per heavy atom. The highest BCUT2D eigenvalue weighted by atomic mass is 35.5. The lowest BCUT2D eigenvalue weighted by Crippen LogP contribution is -2.01. The molecule has 1 aromatic carbocycles. The third kappa shape index (κ3) is 3.19. The van der Waals surface area contributed by atoms with Crippen LogP contribution in [0.3, 0.4) is 0 Å². The van der Waals surface area contributed by atoms with Gasteiger partial charge in [-0.25, -0.2) is 0 Å². The molecule has 0 aromatic heterocycles. The van der Waals surface area contributed by atoms with Crippen molar-refractivity contribution in [2.75, 3.05) is 13.2 Å². The Morgan fingerprint density at radius 1 is 0.875 bits per heavy atom. The van der Waals surface area contributed by atoms with Crippen molar-refractivity contribution in [2.45, 2.75) is 25.6 Å². The van der Waals surface area contributed by atoms with Gasteiger partial charge in [0, 0.05) is 11.1 Å². The number of benzene rings is 1. The fourth-order valence-electron chi connectivity index (χ4n) is 1.43. The van der Waals surface area contributed by atoms with Crippen molar-refractivity contribution in [2.24, 2.45) is 0 Å². The van der Waals surface area contributed by atoms with E-state index in [0.717, 1.165) is 22.6 Å². The van der Waals surface area contributed by atoms with Gasteiger partial charge in [-0.3, -0.25) is 0 Å². The Morgan fingerprint density at radius 3 is 1.50 bits per heavy atom. The van der Waals surface area contributed by atoms with Crippen LogP contribution in [0.4, 0.5) is 0 Å². The molecular formula is C12H16Cl2O2. The zero-order valence-electron chi connectivity index (χ0n) is 9.56. The zero-order chi connectivity index (χ0) is 12.0. The smallest absolute Gasteiger partial charge is 0.124 e. The van der Waals surface area contributed by atoms with Crippen molar-refractivity contribution in [1.82, 2.24) is 0 Å². The van der Waals surface area contributed by atoms with Crippen molar-refractivity contribution in [3.05, 3.63) is 23.3 Å². The molecule has 0 bridgehead atoms. The van der Waals surface area contributed by atoms with E-state index < -0.39 is 0 Å². The van der Waals surface area contributed by atoms with Gasteiger partial charge < -0.3 is 9.47 Å². The second-order valence-electron chi connectivity index (χ2n) is 3.20. The predicted molar refractivity (Wildman–Crippen MR) is 67.9 cm³/mol. The SMILES string of the molecule is CCOc1cc(CCl)c(OCC)cc1CCl. The molecule has 0 aliphatic carbocycles. The standard InChI is InChI=1S/C12H16Cl2O2/c1-3-15-11-5-10(8-14)12(16-4-2)6-9(11)7-13/h5-6H,3-4,7-8H2,1-2H3. The predicted octanol–water partition coefficient (Wildman–Crippen LogP) is 3.96. The van der Waals surface area contributed by atoms with E-state index in [1.54, 1.807) is 0 Å². The largest absolute Gasteiger partial charge is 0.494 e. The molecule has 0 fully saturated rings. The first-order chi connectivity index (χ1) is 7.76. The van der Waals surface area contributed by atoms with Gasteiger partial charge in [0.15, 0.2) is 0 Å². The number of ether oxygens (including phenoxy) is 2. The first kappa shape index (κ1) is 13.5. The number of alkyl halides is 2. The highest BCUT2D eigenvalue weighted by molar-refractivity contribution is 6.18. The highest BCUT2D eigenvalue weighted by Gasteiger charge is 2.10. The molecule has 1 aromatic rings. The molecule has 2 nitrogen and oxygen atoms in total. The second kappa shape index (κ2) is 6.87. The molecule has 0 aliphatic heterocycles. The molecule has 0 saturated carbocycles. The topological polar surface area (TPSA) is 18.5 Å². The summed E-state index contributed by atoms with van der Waals surface area (Å²) >= 11 is 11.7. The fourth-order valence-corrected chi connectivity index (χ4v) is 1.85. The third-order valence-electron chi connectivity index (χ3n) is 2.13. The van der Waals surface area contributed by atoms with Gasteiger partial charge in [0.2, 0.25) is 0 Å². The van der Waals surface area contributed by atoms with Crippen LogP contribution in [0.15, 0.2) is 12.1 Å². The van der Waals surface area contributed by atoms with Crippen molar-refractivity contribution in [3.8, 4) is 11.5 Å². The summed E-state index contributed by atoms with van der Waals surface area (Å²) in [6.45, 7) is 5.10. The fraction of sp³-hybridized carbons (Fsp3) is 0.500. The lowest BCUT2D eigenvalue weighted by atomic mass is 10.1. The van der Waals surface area contributed by atoms with E-state index >= 15 is 0 Å². The summed E-state index contributed by atoms with van der Waals surface area (Å²) in [6, 6.07) is 3.80. The molecule has 0 spiro atoms. The van der Waals surface area contributed by atoms with Gasteiger partial charge in [0.05, 0.1) is 25.0 Å². The van der Waals surface area contributed by atoms with Gasteiger partial charge in [-0.05, 0) is 26.0 Å². The first-order valence-corrected chi connectivity index (χ1v) is 6.37. The average Bonchev–Trinajstić information content (AvgIpc) is 2.31. The number of halogens is 2. The maximum absolute atomic E-state index is 5.87. The van der Waals surface area contributed by atoms with Crippen LogP contribution in [-0.2, 0) is 11.8 Å². The molecule has 0 radical (unpaired) electrons. The van der Waals surface area contributed by atoms with Crippen LogP contribution in [0, 0.1) is 0 Å². The van der Waals surface area contributed by atoms with Gasteiger partial charge in [-0.15, -0.1) is 23.2 Å². The number of hydrogen-bond acceptors (Lipinski definition) is 2. The van der Waals surface area contributed by atoms with Crippen LogP contribution >= 0.6 is 23.2 Å². The summed E-state index contributed by atoms with van der Waals surface area (Å²) in [7, 11) is 0.